The number of allylic oxidation sites excluding steroid dienone is 18. The lowest BCUT2D eigenvalue weighted by Gasteiger charge is -2.28. The van der Waals surface area contributed by atoms with Gasteiger partial charge in [-0.25, -0.2) is 0 Å². The predicted molar refractivity (Wildman–Crippen MR) is 277 cm³/mol. The molecule has 0 bridgehead atoms. The second kappa shape index (κ2) is 47.6. The van der Waals surface area contributed by atoms with Gasteiger partial charge in [0.2, 0.25) is 0 Å². The third-order valence-electron chi connectivity index (χ3n) is 10.3. The summed E-state index contributed by atoms with van der Waals surface area (Å²) in [7, 11) is 1.32. The van der Waals surface area contributed by atoms with Gasteiger partial charge in [0, 0.05) is 13.0 Å². The Labute approximate surface area is 400 Å². The van der Waals surface area contributed by atoms with Crippen molar-refractivity contribution in [3.8, 4) is 0 Å². The maximum Gasteiger partial charge on any atom is 0.306 e. The fourth-order valence-corrected chi connectivity index (χ4v) is 7.17. The molecule has 2 atom stereocenters. The average Bonchev–Trinajstić information content (AvgIpc) is 3.27. The number of phosphoric acid groups is 1. The summed E-state index contributed by atoms with van der Waals surface area (Å²) in [5, 5.41) is 0. The number of quaternary nitrogens is 1. The summed E-state index contributed by atoms with van der Waals surface area (Å²) < 4.78 is 34.7. The molecule has 0 aliphatic carbocycles. The molecule has 0 aliphatic rings. The van der Waals surface area contributed by atoms with Crippen LogP contribution in [0.3, 0.4) is 0 Å². The number of unbranched alkanes of at least 4 members (excludes halogenated alkanes) is 14. The lowest BCUT2D eigenvalue weighted by Crippen LogP contribution is -2.37. The Morgan fingerprint density at radius 1 is 0.477 bits per heavy atom. The Bertz CT molecular complexity index is 1400. The third kappa shape index (κ3) is 52.0. The van der Waals surface area contributed by atoms with Gasteiger partial charge in [-0.05, 0) is 96.3 Å². The molecule has 0 aliphatic heterocycles. The lowest BCUT2D eigenvalue weighted by molar-refractivity contribution is -0.870. The summed E-state index contributed by atoms with van der Waals surface area (Å²) in [6.45, 7) is 5.12. The molecule has 372 valence electrons. The molecule has 9 heteroatoms. The minimum Gasteiger partial charge on any atom is -0.756 e. The van der Waals surface area contributed by atoms with Crippen LogP contribution in [-0.4, -0.2) is 70.7 Å². The second-order valence-electron chi connectivity index (χ2n) is 17.8. The van der Waals surface area contributed by atoms with Gasteiger partial charge in [0.1, 0.15) is 19.3 Å². The largest absolute Gasteiger partial charge is 0.756 e. The minimum absolute atomic E-state index is 0.0147. The van der Waals surface area contributed by atoms with E-state index in [0.717, 1.165) is 116 Å². The number of ether oxygens (including phenoxy) is 2. The van der Waals surface area contributed by atoms with Crippen molar-refractivity contribution < 1.29 is 37.3 Å². The summed E-state index contributed by atoms with van der Waals surface area (Å²) >= 11 is 0. The normalized spacial score (nSPS) is 14.5. The summed E-state index contributed by atoms with van der Waals surface area (Å²) in [4.78, 5) is 25.2. The molecule has 0 rings (SSSR count). The van der Waals surface area contributed by atoms with Crippen LogP contribution in [0, 0.1) is 0 Å². The van der Waals surface area contributed by atoms with E-state index in [0.29, 0.717) is 24.1 Å². The highest BCUT2D eigenvalue weighted by Gasteiger charge is 2.20. The van der Waals surface area contributed by atoms with E-state index in [1.165, 1.54) is 44.9 Å². The molecule has 0 spiro atoms. The van der Waals surface area contributed by atoms with Crippen LogP contribution in [0.15, 0.2) is 109 Å². The van der Waals surface area contributed by atoms with Gasteiger partial charge in [-0.2, -0.15) is 0 Å². The highest BCUT2D eigenvalue weighted by Crippen LogP contribution is 2.38. The van der Waals surface area contributed by atoms with Crippen LogP contribution < -0.4 is 4.89 Å². The maximum atomic E-state index is 12.8. The molecule has 0 N–H and O–H groups in total. The van der Waals surface area contributed by atoms with Crippen molar-refractivity contribution in [1.29, 1.82) is 0 Å². The van der Waals surface area contributed by atoms with Crippen LogP contribution >= 0.6 is 7.82 Å². The molecule has 0 radical (unpaired) electrons. The zero-order valence-electron chi connectivity index (χ0n) is 42.1. The number of hydrogen-bond acceptors (Lipinski definition) is 7. The van der Waals surface area contributed by atoms with E-state index in [1.54, 1.807) is 0 Å². The molecule has 0 aromatic carbocycles. The van der Waals surface area contributed by atoms with Crippen molar-refractivity contribution in [1.82, 2.24) is 0 Å². The van der Waals surface area contributed by atoms with E-state index < -0.39 is 13.9 Å². The topological polar surface area (TPSA) is 94.1 Å². The molecular weight excluding hydrogens is 830 g/mol. The number of rotatable bonds is 46. The standard InChI is InChI=1S/C56H96NO7P/c1-6-8-10-12-14-16-18-20-22-24-26-28-29-30-31-33-35-37-39-41-43-45-47-49-56(58)64-55(54-63-65(59,60)62-52-50-57(3,4)5)53-61-51-48-46-44-42-40-38-36-34-32-27-25-23-21-19-17-15-13-11-9-7-2/h8-11,14-17,20-23,26-28,30-32,55H,6-7,12-13,18-19,24-25,29,33-54H2,1-5H3/b10-8-,11-9-,16-14-,17-15-,22-20-,23-21-,28-26-,31-30-,32-27-. The first-order chi connectivity index (χ1) is 31.6. The van der Waals surface area contributed by atoms with Crippen molar-refractivity contribution in [2.75, 3.05) is 54.1 Å². The molecule has 0 saturated heterocycles. The van der Waals surface area contributed by atoms with Crippen LogP contribution in [0.5, 0.6) is 0 Å². The number of carbonyl (C=O) groups is 1. The predicted octanol–water partition coefficient (Wildman–Crippen LogP) is 15.3. The second-order valence-corrected chi connectivity index (χ2v) is 19.2. The van der Waals surface area contributed by atoms with Crippen LogP contribution in [-0.2, 0) is 27.9 Å². The SMILES string of the molecule is CC/C=C\C/C=C\C/C=C\C/C=C\C/C=C\CCCCCCCCCC(=O)OC(COCCCCCCCCC/C=C\C/C=C\C/C=C\C/C=C\CC)COP(=O)([O-])OCC[N+](C)(C)C. The van der Waals surface area contributed by atoms with E-state index in [-0.39, 0.29) is 25.8 Å². The molecule has 8 nitrogen and oxygen atoms in total. The van der Waals surface area contributed by atoms with E-state index >= 15 is 0 Å². The molecule has 0 heterocycles. The van der Waals surface area contributed by atoms with Crippen LogP contribution in [0.1, 0.15) is 181 Å². The highest BCUT2D eigenvalue weighted by atomic mass is 31.2. The Hall–Kier alpha value is -2.84. The Kier molecular flexibility index (Phi) is 45.6. The molecule has 0 aromatic rings. The summed E-state index contributed by atoms with van der Waals surface area (Å²) in [6, 6.07) is 0. The van der Waals surface area contributed by atoms with E-state index in [4.69, 9.17) is 18.5 Å². The van der Waals surface area contributed by atoms with Gasteiger partial charge in [0.05, 0.1) is 34.4 Å². The van der Waals surface area contributed by atoms with Crippen molar-refractivity contribution in [3.05, 3.63) is 109 Å². The summed E-state index contributed by atoms with van der Waals surface area (Å²) in [5.41, 5.74) is 0. The van der Waals surface area contributed by atoms with Gasteiger partial charge < -0.3 is 27.9 Å². The summed E-state index contributed by atoms with van der Waals surface area (Å²) in [5.74, 6) is -0.354. The quantitative estimate of drug-likeness (QED) is 0.0197. The number of nitrogens with zero attached hydrogens (tertiary/aromatic N) is 1. The maximum absolute atomic E-state index is 12.8. The first kappa shape index (κ1) is 62.2. The Morgan fingerprint density at radius 3 is 1.26 bits per heavy atom. The molecule has 0 fully saturated rings. The highest BCUT2D eigenvalue weighted by molar-refractivity contribution is 7.45. The summed E-state index contributed by atoms with van der Waals surface area (Å²) in [6.07, 6.45) is 66.8. The molecule has 2 unspecified atom stereocenters. The molecule has 0 aromatic heterocycles. The van der Waals surface area contributed by atoms with E-state index in [1.807, 2.05) is 21.1 Å². The van der Waals surface area contributed by atoms with E-state index in [9.17, 15) is 14.3 Å². The van der Waals surface area contributed by atoms with Gasteiger partial charge in [0.15, 0.2) is 0 Å². The van der Waals surface area contributed by atoms with Crippen molar-refractivity contribution >= 4 is 13.8 Å². The monoisotopic (exact) mass is 926 g/mol. The molecule has 65 heavy (non-hydrogen) atoms. The van der Waals surface area contributed by atoms with Gasteiger partial charge in [0.25, 0.3) is 7.82 Å². The van der Waals surface area contributed by atoms with Crippen LogP contribution in [0.2, 0.25) is 0 Å². The zero-order chi connectivity index (χ0) is 47.6. The van der Waals surface area contributed by atoms with Gasteiger partial charge in [-0.1, -0.05) is 187 Å². The fourth-order valence-electron chi connectivity index (χ4n) is 6.45. The van der Waals surface area contributed by atoms with Crippen LogP contribution in [0.25, 0.3) is 0 Å². The van der Waals surface area contributed by atoms with Crippen molar-refractivity contribution in [2.24, 2.45) is 0 Å². The Balaban J connectivity index is 4.23. The molecular formula is C56H96NO7P. The third-order valence-corrected chi connectivity index (χ3v) is 11.3. The van der Waals surface area contributed by atoms with E-state index in [2.05, 4.69) is 123 Å². The van der Waals surface area contributed by atoms with Crippen molar-refractivity contribution in [3.63, 3.8) is 0 Å². The zero-order valence-corrected chi connectivity index (χ0v) is 43.0. The first-order valence-electron chi connectivity index (χ1n) is 25.6. The number of hydrogen-bond donors (Lipinski definition) is 0. The van der Waals surface area contributed by atoms with Gasteiger partial charge in [-0.15, -0.1) is 0 Å². The number of likely N-dealkylation sites (N-methyl/N-ethyl adjacent to an activating group) is 1. The smallest absolute Gasteiger partial charge is 0.306 e. The first-order valence-corrected chi connectivity index (χ1v) is 27.1. The minimum atomic E-state index is -4.55. The lowest BCUT2D eigenvalue weighted by atomic mass is 10.1. The van der Waals surface area contributed by atoms with Gasteiger partial charge in [-0.3, -0.25) is 9.36 Å². The van der Waals surface area contributed by atoms with Gasteiger partial charge >= 0.3 is 5.97 Å². The number of phosphoric ester groups is 1. The molecule has 0 saturated carbocycles. The average molecular weight is 926 g/mol. The Morgan fingerprint density at radius 2 is 0.846 bits per heavy atom. The number of carbonyl (C=O) groups excluding carboxylic acids is 1. The van der Waals surface area contributed by atoms with Crippen molar-refractivity contribution in [2.45, 2.75) is 187 Å². The molecule has 0 amide bonds. The number of esters is 1. The van der Waals surface area contributed by atoms with Crippen LogP contribution in [0.4, 0.5) is 0 Å². The fraction of sp³-hybridized carbons (Fsp3) is 0.661.